The number of pyridine rings is 1. The molecule has 2 atom stereocenters. The molecule has 1 aromatic heterocycles. The van der Waals surface area contributed by atoms with Gasteiger partial charge in [0.1, 0.15) is 11.6 Å². The molecular formula is C21H24FN5O. The number of benzene rings is 1. The average Bonchev–Trinajstić information content (AvgIpc) is 2.74. The quantitative estimate of drug-likeness (QED) is 0.875. The second-order valence-electron chi connectivity index (χ2n) is 7.36. The summed E-state index contributed by atoms with van der Waals surface area (Å²) in [5.74, 6) is 0.553. The van der Waals surface area contributed by atoms with Gasteiger partial charge >= 0.3 is 0 Å². The van der Waals surface area contributed by atoms with Gasteiger partial charge in [-0.05, 0) is 30.7 Å². The van der Waals surface area contributed by atoms with E-state index in [1.54, 1.807) is 24.4 Å². The fourth-order valence-corrected chi connectivity index (χ4v) is 4.22. The number of β-amino-alcohol motifs (C(OH)–C–C–N with tert-alkyl or cyclic N) is 1. The van der Waals surface area contributed by atoms with Crippen molar-refractivity contribution in [2.24, 2.45) is 0 Å². The number of hydrogen-bond acceptors (Lipinski definition) is 6. The highest BCUT2D eigenvalue weighted by Crippen LogP contribution is 2.25. The number of nitriles is 1. The van der Waals surface area contributed by atoms with Crippen LogP contribution in [0.5, 0.6) is 0 Å². The Kier molecular flexibility index (Phi) is 5.42. The highest BCUT2D eigenvalue weighted by molar-refractivity contribution is 5.48. The molecule has 0 unspecified atom stereocenters. The van der Waals surface area contributed by atoms with E-state index in [1.807, 2.05) is 17.0 Å². The fourth-order valence-electron chi connectivity index (χ4n) is 4.22. The molecule has 7 heteroatoms. The highest BCUT2D eigenvalue weighted by atomic mass is 19.1. The first-order valence-electron chi connectivity index (χ1n) is 9.68. The Morgan fingerprint density at radius 3 is 2.57 bits per heavy atom. The Hall–Kier alpha value is -2.69. The van der Waals surface area contributed by atoms with Gasteiger partial charge in [-0.2, -0.15) is 5.26 Å². The molecule has 28 heavy (non-hydrogen) atoms. The van der Waals surface area contributed by atoms with Gasteiger partial charge in [0.15, 0.2) is 0 Å². The third-order valence-corrected chi connectivity index (χ3v) is 5.72. The Balaban J connectivity index is 1.36. The van der Waals surface area contributed by atoms with Crippen LogP contribution in [0, 0.1) is 17.1 Å². The second kappa shape index (κ2) is 8.13. The van der Waals surface area contributed by atoms with Gasteiger partial charge in [0.2, 0.25) is 0 Å². The lowest BCUT2D eigenvalue weighted by atomic mass is 9.99. The molecular weight excluding hydrogens is 357 g/mol. The first kappa shape index (κ1) is 18.7. The SMILES string of the molecule is N#Cc1ccnc(N2CC[C@H](N3CCN(c4ccccc4F)CC3)[C@@H](O)C2)c1. The molecule has 1 aromatic carbocycles. The van der Waals surface area contributed by atoms with Gasteiger partial charge in [0.05, 0.1) is 23.4 Å². The van der Waals surface area contributed by atoms with Gasteiger partial charge in [-0.3, -0.25) is 4.90 Å². The summed E-state index contributed by atoms with van der Waals surface area (Å²) >= 11 is 0. The molecule has 6 nitrogen and oxygen atoms in total. The van der Waals surface area contributed by atoms with Crippen molar-refractivity contribution < 1.29 is 9.50 Å². The van der Waals surface area contributed by atoms with E-state index in [2.05, 4.69) is 20.9 Å². The van der Waals surface area contributed by atoms with Crippen LogP contribution in [0.15, 0.2) is 42.6 Å². The summed E-state index contributed by atoms with van der Waals surface area (Å²) in [6, 6.07) is 12.6. The largest absolute Gasteiger partial charge is 0.390 e. The molecule has 0 aliphatic carbocycles. The predicted molar refractivity (Wildman–Crippen MR) is 106 cm³/mol. The van der Waals surface area contributed by atoms with Crippen LogP contribution in [0.4, 0.5) is 15.9 Å². The van der Waals surface area contributed by atoms with E-state index in [-0.39, 0.29) is 11.9 Å². The summed E-state index contributed by atoms with van der Waals surface area (Å²) in [5.41, 5.74) is 1.23. The van der Waals surface area contributed by atoms with Crippen LogP contribution >= 0.6 is 0 Å². The minimum Gasteiger partial charge on any atom is -0.390 e. The Morgan fingerprint density at radius 1 is 1.07 bits per heavy atom. The summed E-state index contributed by atoms with van der Waals surface area (Å²) in [7, 11) is 0. The van der Waals surface area contributed by atoms with Crippen molar-refractivity contribution in [3.63, 3.8) is 0 Å². The van der Waals surface area contributed by atoms with Crippen molar-refractivity contribution in [2.45, 2.75) is 18.6 Å². The smallest absolute Gasteiger partial charge is 0.146 e. The number of para-hydroxylation sites is 1. The predicted octanol–water partition coefficient (Wildman–Crippen LogP) is 1.85. The molecule has 2 aliphatic rings. The van der Waals surface area contributed by atoms with Crippen LogP contribution in [0.3, 0.4) is 0 Å². The third-order valence-electron chi connectivity index (χ3n) is 5.72. The lowest BCUT2D eigenvalue weighted by molar-refractivity contribution is 0.0336. The van der Waals surface area contributed by atoms with Crippen molar-refractivity contribution >= 4 is 11.5 Å². The Labute approximate surface area is 164 Å². The van der Waals surface area contributed by atoms with Gasteiger partial charge in [-0.1, -0.05) is 12.1 Å². The van der Waals surface area contributed by atoms with E-state index in [4.69, 9.17) is 5.26 Å². The molecule has 2 fully saturated rings. The number of aliphatic hydroxyl groups excluding tert-OH is 1. The number of rotatable bonds is 3. The molecule has 0 amide bonds. The van der Waals surface area contributed by atoms with Gasteiger partial charge in [-0.15, -0.1) is 0 Å². The zero-order chi connectivity index (χ0) is 19.5. The topological polar surface area (TPSA) is 66.6 Å². The van der Waals surface area contributed by atoms with Crippen molar-refractivity contribution in [1.29, 1.82) is 5.26 Å². The second-order valence-corrected chi connectivity index (χ2v) is 7.36. The third kappa shape index (κ3) is 3.79. The molecule has 3 heterocycles. The molecule has 1 N–H and O–H groups in total. The minimum absolute atomic E-state index is 0.0955. The number of hydrogen-bond donors (Lipinski definition) is 1. The Morgan fingerprint density at radius 2 is 1.86 bits per heavy atom. The molecule has 0 spiro atoms. The number of piperazine rings is 1. The van der Waals surface area contributed by atoms with Crippen LogP contribution in [0.2, 0.25) is 0 Å². The molecule has 0 bridgehead atoms. The van der Waals surface area contributed by atoms with Gasteiger partial charge < -0.3 is 14.9 Å². The maximum Gasteiger partial charge on any atom is 0.146 e. The molecule has 2 aromatic rings. The van der Waals surface area contributed by atoms with Crippen molar-refractivity contribution in [2.75, 3.05) is 49.1 Å². The van der Waals surface area contributed by atoms with Gasteiger partial charge in [0, 0.05) is 51.5 Å². The van der Waals surface area contributed by atoms with E-state index in [1.165, 1.54) is 6.07 Å². The molecule has 146 valence electrons. The van der Waals surface area contributed by atoms with E-state index in [0.29, 0.717) is 17.8 Å². The number of piperidine rings is 1. The highest BCUT2D eigenvalue weighted by Gasteiger charge is 2.34. The maximum absolute atomic E-state index is 14.0. The maximum atomic E-state index is 14.0. The monoisotopic (exact) mass is 381 g/mol. The number of anilines is 2. The lowest BCUT2D eigenvalue weighted by Crippen LogP contribution is -2.59. The van der Waals surface area contributed by atoms with Crippen LogP contribution in [0.25, 0.3) is 0 Å². The molecule has 2 aliphatic heterocycles. The Bertz CT molecular complexity index is 862. The summed E-state index contributed by atoms with van der Waals surface area (Å²) < 4.78 is 14.0. The van der Waals surface area contributed by atoms with E-state index in [9.17, 15) is 9.50 Å². The molecule has 2 saturated heterocycles. The van der Waals surface area contributed by atoms with Crippen LogP contribution in [0.1, 0.15) is 12.0 Å². The zero-order valence-electron chi connectivity index (χ0n) is 15.7. The summed E-state index contributed by atoms with van der Waals surface area (Å²) in [6.07, 6.45) is 1.98. The summed E-state index contributed by atoms with van der Waals surface area (Å²) in [4.78, 5) is 10.8. The first-order chi connectivity index (χ1) is 13.7. The zero-order valence-corrected chi connectivity index (χ0v) is 15.7. The van der Waals surface area contributed by atoms with E-state index in [0.717, 1.165) is 45.0 Å². The normalized spacial score (nSPS) is 23.5. The molecule has 0 radical (unpaired) electrons. The number of halogens is 1. The summed E-state index contributed by atoms with van der Waals surface area (Å²) in [5, 5.41) is 19.8. The van der Waals surface area contributed by atoms with Gasteiger partial charge in [-0.25, -0.2) is 9.37 Å². The van der Waals surface area contributed by atoms with Crippen molar-refractivity contribution in [3.05, 3.63) is 54.0 Å². The van der Waals surface area contributed by atoms with Crippen molar-refractivity contribution in [3.8, 4) is 6.07 Å². The number of nitrogens with zero attached hydrogens (tertiary/aromatic N) is 5. The minimum atomic E-state index is -0.485. The molecule has 0 saturated carbocycles. The van der Waals surface area contributed by atoms with Gasteiger partial charge in [0.25, 0.3) is 0 Å². The fraction of sp³-hybridized carbons (Fsp3) is 0.429. The van der Waals surface area contributed by atoms with Crippen LogP contribution in [-0.2, 0) is 0 Å². The first-order valence-corrected chi connectivity index (χ1v) is 9.68. The summed E-state index contributed by atoms with van der Waals surface area (Å²) in [6.45, 7) is 4.40. The lowest BCUT2D eigenvalue weighted by Gasteiger charge is -2.45. The standard InChI is InChI=1S/C21H24FN5O/c22-17-3-1-2-4-18(17)25-9-11-26(12-10-25)19-6-8-27(15-20(19)28)21-13-16(14-23)5-7-24-21/h1-5,7,13,19-20,28H,6,8-12,15H2/t19-,20-/m0/s1. The van der Waals surface area contributed by atoms with E-state index < -0.39 is 6.10 Å². The number of aliphatic hydroxyl groups is 1. The number of aromatic nitrogens is 1. The van der Waals surface area contributed by atoms with Crippen molar-refractivity contribution in [1.82, 2.24) is 9.88 Å². The molecule has 4 rings (SSSR count). The van der Waals surface area contributed by atoms with Crippen LogP contribution < -0.4 is 9.80 Å². The average molecular weight is 381 g/mol. The van der Waals surface area contributed by atoms with E-state index >= 15 is 0 Å². The van der Waals surface area contributed by atoms with Crippen LogP contribution in [-0.4, -0.2) is 66.4 Å².